The van der Waals surface area contributed by atoms with E-state index in [4.69, 9.17) is 5.11 Å². The Morgan fingerprint density at radius 2 is 1.88 bits per heavy atom. The number of aliphatic hydroxyl groups is 1. The normalized spacial score (nSPS) is 11.6. The molecule has 0 radical (unpaired) electrons. The molecule has 3 heteroatoms. The first kappa shape index (κ1) is 15.2. The molecule has 0 aromatic heterocycles. The van der Waals surface area contributed by atoms with Crippen LogP contribution in [0.2, 0.25) is 0 Å². The summed E-state index contributed by atoms with van der Waals surface area (Å²) in [6.07, 6.45) is 5.95. The molecule has 0 bridgehead atoms. The number of hydrogen-bond acceptors (Lipinski definition) is 2. The number of hydrogen-bond donors (Lipinski definition) is 1. The van der Waals surface area contributed by atoms with Gasteiger partial charge in [-0.25, -0.2) is 0 Å². The number of carbonyl (C=O) groups is 1. The molecule has 0 aliphatic rings. The molecule has 0 unspecified atom stereocenters. The lowest BCUT2D eigenvalue weighted by Gasteiger charge is -2.20. The van der Waals surface area contributed by atoms with Crippen molar-refractivity contribution >= 4 is 5.91 Å². The summed E-state index contributed by atoms with van der Waals surface area (Å²) in [5.74, 6) is 0.164. The van der Waals surface area contributed by atoms with Gasteiger partial charge in [-0.15, -0.1) is 0 Å². The zero-order chi connectivity index (χ0) is 12.4. The lowest BCUT2D eigenvalue weighted by molar-refractivity contribution is -0.129. The number of nitrogens with zero attached hydrogens (tertiary/aromatic N) is 1. The Morgan fingerprint density at radius 1 is 1.25 bits per heavy atom. The molecule has 1 amide bonds. The van der Waals surface area contributed by atoms with Crippen molar-refractivity contribution in [3.63, 3.8) is 0 Å². The van der Waals surface area contributed by atoms with E-state index in [1.165, 1.54) is 5.57 Å². The average Bonchev–Trinajstić information content (AvgIpc) is 2.23. The molecule has 0 rings (SSSR count). The number of amides is 1. The Morgan fingerprint density at radius 3 is 2.38 bits per heavy atom. The third-order valence-electron chi connectivity index (χ3n) is 2.67. The first-order valence-electron chi connectivity index (χ1n) is 6.13. The van der Waals surface area contributed by atoms with E-state index < -0.39 is 0 Å². The molecule has 0 spiro atoms. The Hall–Kier alpha value is -0.830. The minimum atomic E-state index is 0.109. The Labute approximate surface area is 99.1 Å². The standard InChI is InChI=1S/C13H25NO2/c1-4-5-9-14(13(3)16)10-6-7-12(2)8-11-15/h8,15H,4-7,9-11H2,1-3H3/b12-8+. The monoisotopic (exact) mass is 227 g/mol. The summed E-state index contributed by atoms with van der Waals surface area (Å²) >= 11 is 0. The number of carbonyl (C=O) groups excluding carboxylic acids is 1. The zero-order valence-electron chi connectivity index (χ0n) is 10.8. The van der Waals surface area contributed by atoms with E-state index in [1.807, 2.05) is 17.9 Å². The molecule has 94 valence electrons. The van der Waals surface area contributed by atoms with Crippen LogP contribution in [0.3, 0.4) is 0 Å². The predicted molar refractivity (Wildman–Crippen MR) is 67.2 cm³/mol. The molecule has 3 nitrogen and oxygen atoms in total. The van der Waals surface area contributed by atoms with Crippen LogP contribution in [0.4, 0.5) is 0 Å². The fraction of sp³-hybridized carbons (Fsp3) is 0.769. The van der Waals surface area contributed by atoms with Crippen molar-refractivity contribution in [2.45, 2.75) is 46.5 Å². The summed E-state index contributed by atoms with van der Waals surface area (Å²) in [7, 11) is 0. The first-order valence-corrected chi connectivity index (χ1v) is 6.13. The molecule has 1 N–H and O–H groups in total. The van der Waals surface area contributed by atoms with Crippen molar-refractivity contribution in [2.24, 2.45) is 0 Å². The first-order chi connectivity index (χ1) is 7.61. The Kier molecular flexibility index (Phi) is 8.91. The van der Waals surface area contributed by atoms with Gasteiger partial charge in [-0.3, -0.25) is 4.79 Å². The van der Waals surface area contributed by atoms with Crippen LogP contribution in [0.1, 0.15) is 46.5 Å². The summed E-state index contributed by atoms with van der Waals surface area (Å²) in [5.41, 5.74) is 1.20. The average molecular weight is 227 g/mol. The molecule has 0 aromatic rings. The molecule has 0 aliphatic carbocycles. The largest absolute Gasteiger partial charge is 0.392 e. The van der Waals surface area contributed by atoms with Gasteiger partial charge >= 0.3 is 0 Å². The molecule has 0 aliphatic heterocycles. The fourth-order valence-electron chi connectivity index (χ4n) is 1.58. The van der Waals surface area contributed by atoms with E-state index in [0.717, 1.165) is 38.8 Å². The Bertz CT molecular complexity index is 224. The summed E-state index contributed by atoms with van der Waals surface area (Å²) in [6.45, 7) is 7.58. The second-order valence-electron chi connectivity index (χ2n) is 4.20. The van der Waals surface area contributed by atoms with Crippen molar-refractivity contribution in [1.29, 1.82) is 0 Å². The van der Waals surface area contributed by atoms with Crippen molar-refractivity contribution in [2.75, 3.05) is 19.7 Å². The predicted octanol–water partition coefficient (Wildman–Crippen LogP) is 2.35. The van der Waals surface area contributed by atoms with Gasteiger partial charge < -0.3 is 10.0 Å². The smallest absolute Gasteiger partial charge is 0.219 e. The lowest BCUT2D eigenvalue weighted by Crippen LogP contribution is -2.30. The lowest BCUT2D eigenvalue weighted by atomic mass is 10.1. The SMILES string of the molecule is CCCCN(CCC/C(C)=C/CO)C(C)=O. The molecule has 0 heterocycles. The van der Waals surface area contributed by atoms with Crippen LogP contribution in [0, 0.1) is 0 Å². The second kappa shape index (κ2) is 9.40. The number of aliphatic hydroxyl groups excluding tert-OH is 1. The van der Waals surface area contributed by atoms with Gasteiger partial charge in [0, 0.05) is 20.0 Å². The maximum absolute atomic E-state index is 11.3. The van der Waals surface area contributed by atoms with E-state index in [0.29, 0.717) is 0 Å². The van der Waals surface area contributed by atoms with E-state index >= 15 is 0 Å². The molecular formula is C13H25NO2. The molecular weight excluding hydrogens is 202 g/mol. The van der Waals surface area contributed by atoms with Gasteiger partial charge in [0.2, 0.25) is 5.91 Å². The summed E-state index contributed by atoms with van der Waals surface area (Å²) < 4.78 is 0. The molecule has 0 saturated carbocycles. The number of rotatable bonds is 8. The highest BCUT2D eigenvalue weighted by Crippen LogP contribution is 2.06. The van der Waals surface area contributed by atoms with Crippen molar-refractivity contribution in [3.05, 3.63) is 11.6 Å². The minimum Gasteiger partial charge on any atom is -0.392 e. The van der Waals surface area contributed by atoms with Gasteiger partial charge in [0.1, 0.15) is 0 Å². The maximum Gasteiger partial charge on any atom is 0.219 e. The summed E-state index contributed by atoms with van der Waals surface area (Å²) in [4.78, 5) is 13.2. The van der Waals surface area contributed by atoms with Crippen LogP contribution >= 0.6 is 0 Å². The Balaban J connectivity index is 3.84. The summed E-state index contributed by atoms with van der Waals surface area (Å²) in [6, 6.07) is 0. The third-order valence-corrected chi connectivity index (χ3v) is 2.67. The van der Waals surface area contributed by atoms with E-state index in [1.54, 1.807) is 6.92 Å². The molecule has 0 aromatic carbocycles. The van der Waals surface area contributed by atoms with Crippen LogP contribution in [-0.4, -0.2) is 35.6 Å². The fourth-order valence-corrected chi connectivity index (χ4v) is 1.58. The van der Waals surface area contributed by atoms with Crippen molar-refractivity contribution < 1.29 is 9.90 Å². The van der Waals surface area contributed by atoms with Gasteiger partial charge in [0.25, 0.3) is 0 Å². The summed E-state index contributed by atoms with van der Waals surface area (Å²) in [5, 5.41) is 8.71. The third kappa shape index (κ3) is 7.46. The van der Waals surface area contributed by atoms with Crippen LogP contribution < -0.4 is 0 Å². The number of unbranched alkanes of at least 4 members (excludes halogenated alkanes) is 1. The molecule has 0 saturated heterocycles. The van der Waals surface area contributed by atoms with E-state index in [-0.39, 0.29) is 12.5 Å². The zero-order valence-corrected chi connectivity index (χ0v) is 10.8. The molecule has 0 fully saturated rings. The maximum atomic E-state index is 11.3. The molecule has 0 atom stereocenters. The van der Waals surface area contributed by atoms with E-state index in [9.17, 15) is 4.79 Å². The van der Waals surface area contributed by atoms with Crippen LogP contribution in [0.15, 0.2) is 11.6 Å². The highest BCUT2D eigenvalue weighted by atomic mass is 16.2. The highest BCUT2D eigenvalue weighted by molar-refractivity contribution is 5.73. The van der Waals surface area contributed by atoms with Gasteiger partial charge in [0.05, 0.1) is 6.61 Å². The van der Waals surface area contributed by atoms with Gasteiger partial charge in [-0.1, -0.05) is 25.0 Å². The number of allylic oxidation sites excluding steroid dienone is 1. The van der Waals surface area contributed by atoms with Crippen molar-refractivity contribution in [1.82, 2.24) is 4.90 Å². The van der Waals surface area contributed by atoms with Crippen LogP contribution in [0.25, 0.3) is 0 Å². The van der Waals surface area contributed by atoms with E-state index in [2.05, 4.69) is 6.92 Å². The van der Waals surface area contributed by atoms with Gasteiger partial charge in [0.15, 0.2) is 0 Å². The van der Waals surface area contributed by atoms with Gasteiger partial charge in [-0.05, 0) is 26.2 Å². The topological polar surface area (TPSA) is 40.5 Å². The van der Waals surface area contributed by atoms with Gasteiger partial charge in [-0.2, -0.15) is 0 Å². The minimum absolute atomic E-state index is 0.109. The second-order valence-corrected chi connectivity index (χ2v) is 4.20. The quantitative estimate of drug-likeness (QED) is 0.647. The van der Waals surface area contributed by atoms with Crippen LogP contribution in [-0.2, 0) is 4.79 Å². The van der Waals surface area contributed by atoms with Crippen molar-refractivity contribution in [3.8, 4) is 0 Å². The van der Waals surface area contributed by atoms with Crippen LogP contribution in [0.5, 0.6) is 0 Å². The highest BCUT2D eigenvalue weighted by Gasteiger charge is 2.06. The molecule has 16 heavy (non-hydrogen) atoms.